The molecule has 2 aromatic heterocycles. The van der Waals surface area contributed by atoms with E-state index >= 15 is 0 Å². The largest absolute Gasteiger partial charge is 0.456 e. The van der Waals surface area contributed by atoms with Crippen LogP contribution >= 0.6 is 11.3 Å². The molecule has 0 radical (unpaired) electrons. The molecule has 2 nitrogen and oxygen atoms in total. The third-order valence-electron chi connectivity index (χ3n) is 10.9. The zero-order chi connectivity index (χ0) is 36.3. The van der Waals surface area contributed by atoms with Crippen LogP contribution in [0.25, 0.3) is 86.3 Å². The predicted octanol–water partition coefficient (Wildman–Crippen LogP) is 15.6. The molecule has 11 rings (SSSR count). The maximum absolute atomic E-state index is 6.26. The molecule has 0 saturated heterocycles. The lowest BCUT2D eigenvalue weighted by Gasteiger charge is -2.29. The van der Waals surface area contributed by atoms with Crippen LogP contribution in [0.15, 0.2) is 205 Å². The minimum absolute atomic E-state index is 0.902. The number of fused-ring (bicyclic) bond motifs is 7. The van der Waals surface area contributed by atoms with Crippen LogP contribution in [0.2, 0.25) is 0 Å². The minimum Gasteiger partial charge on any atom is -0.456 e. The molecule has 0 fully saturated rings. The first kappa shape index (κ1) is 31.6. The first-order valence-corrected chi connectivity index (χ1v) is 19.5. The van der Waals surface area contributed by atoms with Crippen LogP contribution in [0.3, 0.4) is 0 Å². The Hall–Kier alpha value is -6.94. The topological polar surface area (TPSA) is 16.4 Å². The van der Waals surface area contributed by atoms with Crippen molar-refractivity contribution in [2.24, 2.45) is 0 Å². The Balaban J connectivity index is 1.05. The Morgan fingerprint density at radius 2 is 0.964 bits per heavy atom. The normalized spacial score (nSPS) is 11.6. The molecule has 0 N–H and O–H groups in total. The fraction of sp³-hybridized carbons (Fsp3) is 0. The fourth-order valence-electron chi connectivity index (χ4n) is 8.22. The van der Waals surface area contributed by atoms with Gasteiger partial charge in [-0.25, -0.2) is 0 Å². The summed E-state index contributed by atoms with van der Waals surface area (Å²) in [5.41, 5.74) is 12.1. The molecule has 0 amide bonds. The summed E-state index contributed by atoms with van der Waals surface area (Å²) in [6.07, 6.45) is 0. The van der Waals surface area contributed by atoms with Crippen molar-refractivity contribution in [2.75, 3.05) is 4.90 Å². The SMILES string of the molecule is c1cc(-c2ccc3c(c2)sc2ccccc23)cc(N(c2ccc(-c3ccc4c(c3)oc3ccccc34)cc2)c2ccccc2-c2cccc3ccccc23)c1. The van der Waals surface area contributed by atoms with Crippen LogP contribution in [-0.4, -0.2) is 0 Å². The Labute approximate surface area is 322 Å². The van der Waals surface area contributed by atoms with E-state index in [1.165, 1.54) is 53.2 Å². The van der Waals surface area contributed by atoms with E-state index in [1.807, 2.05) is 23.5 Å². The monoisotopic (exact) mass is 719 g/mol. The lowest BCUT2D eigenvalue weighted by atomic mass is 9.95. The molecule has 0 bridgehead atoms. The molecule has 11 aromatic rings. The second kappa shape index (κ2) is 12.9. The van der Waals surface area contributed by atoms with E-state index in [2.05, 4.69) is 193 Å². The molecule has 2 heterocycles. The standard InChI is InChI=1S/C52H33NOS/c1-2-15-41-35(11-1)12-10-19-42(41)43-16-3-6-20-48(43)53(39-27-23-34(24-28-39)37-25-29-45-44-17-4-7-21-49(44)54-50(45)32-37)40-14-9-13-36(31-40)38-26-30-47-46-18-5-8-22-51(46)55-52(47)33-38/h1-33H. The summed E-state index contributed by atoms with van der Waals surface area (Å²) in [4.78, 5) is 2.41. The molecule has 0 spiro atoms. The number of hydrogen-bond acceptors (Lipinski definition) is 3. The number of para-hydroxylation sites is 2. The Bertz CT molecular complexity index is 3220. The summed E-state index contributed by atoms with van der Waals surface area (Å²) in [5.74, 6) is 0. The Morgan fingerprint density at radius 3 is 1.87 bits per heavy atom. The van der Waals surface area contributed by atoms with Gasteiger partial charge >= 0.3 is 0 Å². The van der Waals surface area contributed by atoms with E-state index < -0.39 is 0 Å². The van der Waals surface area contributed by atoms with Gasteiger partial charge in [0, 0.05) is 47.9 Å². The molecule has 0 saturated carbocycles. The van der Waals surface area contributed by atoms with E-state index in [9.17, 15) is 0 Å². The quantitative estimate of drug-likeness (QED) is 0.170. The van der Waals surface area contributed by atoms with E-state index in [0.717, 1.165) is 50.1 Å². The van der Waals surface area contributed by atoms with E-state index in [1.54, 1.807) is 0 Å². The minimum atomic E-state index is 0.902. The molecule has 0 aliphatic heterocycles. The second-order valence-electron chi connectivity index (χ2n) is 14.1. The number of rotatable bonds is 6. The smallest absolute Gasteiger partial charge is 0.136 e. The number of anilines is 3. The van der Waals surface area contributed by atoms with Crippen molar-refractivity contribution >= 4 is 81.3 Å². The molecule has 0 unspecified atom stereocenters. The van der Waals surface area contributed by atoms with Gasteiger partial charge < -0.3 is 9.32 Å². The first-order valence-electron chi connectivity index (χ1n) is 18.7. The molecule has 0 atom stereocenters. The maximum atomic E-state index is 6.26. The molecule has 258 valence electrons. The molecule has 3 heteroatoms. The van der Waals surface area contributed by atoms with Gasteiger partial charge in [-0.3, -0.25) is 0 Å². The molecule has 0 aliphatic carbocycles. The summed E-state index contributed by atoms with van der Waals surface area (Å²) in [6, 6.07) is 72.3. The van der Waals surface area contributed by atoms with Crippen molar-refractivity contribution in [3.63, 3.8) is 0 Å². The fourth-order valence-corrected chi connectivity index (χ4v) is 9.37. The number of nitrogens with zero attached hydrogens (tertiary/aromatic N) is 1. The van der Waals surface area contributed by atoms with E-state index in [4.69, 9.17) is 4.42 Å². The van der Waals surface area contributed by atoms with Crippen molar-refractivity contribution in [1.29, 1.82) is 0 Å². The van der Waals surface area contributed by atoms with E-state index in [-0.39, 0.29) is 0 Å². The number of benzene rings is 9. The van der Waals surface area contributed by atoms with Gasteiger partial charge in [0.05, 0.1) is 5.69 Å². The van der Waals surface area contributed by atoms with Crippen LogP contribution in [-0.2, 0) is 0 Å². The summed E-state index contributed by atoms with van der Waals surface area (Å²) in [6.45, 7) is 0. The zero-order valence-electron chi connectivity index (χ0n) is 29.8. The van der Waals surface area contributed by atoms with Crippen molar-refractivity contribution < 1.29 is 4.42 Å². The molecule has 55 heavy (non-hydrogen) atoms. The highest BCUT2D eigenvalue weighted by Crippen LogP contribution is 2.44. The molecular weight excluding hydrogens is 687 g/mol. The van der Waals surface area contributed by atoms with Gasteiger partial charge in [0.25, 0.3) is 0 Å². The van der Waals surface area contributed by atoms with Crippen LogP contribution in [0.5, 0.6) is 0 Å². The van der Waals surface area contributed by atoms with Crippen molar-refractivity contribution in [3.05, 3.63) is 200 Å². The van der Waals surface area contributed by atoms with Gasteiger partial charge in [0.1, 0.15) is 11.2 Å². The number of furan rings is 1. The molecule has 9 aromatic carbocycles. The van der Waals surface area contributed by atoms with Gasteiger partial charge in [-0.15, -0.1) is 11.3 Å². The van der Waals surface area contributed by atoms with Crippen molar-refractivity contribution in [3.8, 4) is 33.4 Å². The highest BCUT2D eigenvalue weighted by molar-refractivity contribution is 7.25. The third-order valence-corrected chi connectivity index (χ3v) is 12.0. The average Bonchev–Trinajstić information content (AvgIpc) is 3.82. The molecule has 0 aliphatic rings. The van der Waals surface area contributed by atoms with Gasteiger partial charge in [0.2, 0.25) is 0 Å². The maximum Gasteiger partial charge on any atom is 0.136 e. The summed E-state index contributed by atoms with van der Waals surface area (Å²) >= 11 is 1.86. The van der Waals surface area contributed by atoms with Crippen LogP contribution < -0.4 is 4.90 Å². The molecular formula is C52H33NOS. The van der Waals surface area contributed by atoms with E-state index in [0.29, 0.717) is 0 Å². The number of thiophene rings is 1. The van der Waals surface area contributed by atoms with Crippen molar-refractivity contribution in [2.45, 2.75) is 0 Å². The van der Waals surface area contributed by atoms with Crippen LogP contribution in [0.4, 0.5) is 17.1 Å². The van der Waals surface area contributed by atoms with Gasteiger partial charge in [-0.1, -0.05) is 140 Å². The third kappa shape index (κ3) is 5.40. The van der Waals surface area contributed by atoms with Crippen molar-refractivity contribution in [1.82, 2.24) is 0 Å². The zero-order valence-corrected chi connectivity index (χ0v) is 30.6. The highest BCUT2D eigenvalue weighted by Gasteiger charge is 2.19. The van der Waals surface area contributed by atoms with Gasteiger partial charge in [-0.2, -0.15) is 0 Å². The van der Waals surface area contributed by atoms with Gasteiger partial charge in [0.15, 0.2) is 0 Å². The lowest BCUT2D eigenvalue weighted by Crippen LogP contribution is -2.11. The lowest BCUT2D eigenvalue weighted by molar-refractivity contribution is 0.669. The first-order chi connectivity index (χ1) is 27.2. The predicted molar refractivity (Wildman–Crippen MR) is 235 cm³/mol. The summed E-state index contributed by atoms with van der Waals surface area (Å²) in [7, 11) is 0. The summed E-state index contributed by atoms with van der Waals surface area (Å²) < 4.78 is 8.88. The van der Waals surface area contributed by atoms with Gasteiger partial charge in [-0.05, 0) is 99.3 Å². The van der Waals surface area contributed by atoms with Crippen LogP contribution in [0, 0.1) is 0 Å². The summed E-state index contributed by atoms with van der Waals surface area (Å²) in [5, 5.41) is 7.37. The Kier molecular flexibility index (Phi) is 7.39. The van der Waals surface area contributed by atoms with Crippen LogP contribution in [0.1, 0.15) is 0 Å². The number of hydrogen-bond donors (Lipinski definition) is 0. The highest BCUT2D eigenvalue weighted by atomic mass is 32.1. The second-order valence-corrected chi connectivity index (χ2v) is 15.2. The average molecular weight is 720 g/mol. The Morgan fingerprint density at radius 1 is 0.345 bits per heavy atom.